The lowest BCUT2D eigenvalue weighted by Gasteiger charge is -2.33. The van der Waals surface area contributed by atoms with Crippen LogP contribution in [0.2, 0.25) is 0 Å². The first-order chi connectivity index (χ1) is 13.3. The van der Waals surface area contributed by atoms with Crippen molar-refractivity contribution in [3.8, 4) is 0 Å². The Balaban J connectivity index is 1.73. The van der Waals surface area contributed by atoms with E-state index in [-0.39, 0.29) is 23.1 Å². The number of nitrogens with one attached hydrogen (secondary N) is 1. The molecule has 5 heteroatoms. The monoisotopic (exact) mass is 379 g/mol. The number of carbonyl (C=O) groups excluding carboxylic acids is 2. The van der Waals surface area contributed by atoms with Crippen molar-refractivity contribution >= 4 is 23.2 Å². The highest BCUT2D eigenvalue weighted by molar-refractivity contribution is 6.06. The summed E-state index contributed by atoms with van der Waals surface area (Å²) in [6.07, 6.45) is 1.48. The van der Waals surface area contributed by atoms with E-state index in [0.29, 0.717) is 5.56 Å². The van der Waals surface area contributed by atoms with Crippen molar-refractivity contribution in [2.45, 2.75) is 39.0 Å². The van der Waals surface area contributed by atoms with Crippen LogP contribution in [0.25, 0.3) is 0 Å². The first-order valence-electron chi connectivity index (χ1n) is 9.81. The number of amides is 2. The fourth-order valence-electron chi connectivity index (χ4n) is 3.58. The molecular formula is C23H29N3O2. The third-order valence-corrected chi connectivity index (χ3v) is 5.40. The summed E-state index contributed by atoms with van der Waals surface area (Å²) in [5.41, 5.74) is 9.08. The Hall–Kier alpha value is -2.82. The van der Waals surface area contributed by atoms with Gasteiger partial charge in [-0.05, 0) is 48.1 Å². The van der Waals surface area contributed by atoms with Crippen LogP contribution in [0.5, 0.6) is 0 Å². The van der Waals surface area contributed by atoms with Gasteiger partial charge in [-0.1, -0.05) is 45.0 Å². The van der Waals surface area contributed by atoms with Crippen molar-refractivity contribution in [2.24, 2.45) is 11.7 Å². The Labute approximate surface area is 166 Å². The molecule has 0 spiro atoms. The molecule has 0 atom stereocenters. The van der Waals surface area contributed by atoms with Gasteiger partial charge in [-0.2, -0.15) is 0 Å². The molecule has 0 aliphatic carbocycles. The Kier molecular flexibility index (Phi) is 5.73. The number of piperidine rings is 1. The lowest BCUT2D eigenvalue weighted by molar-refractivity contribution is -0.122. The second kappa shape index (κ2) is 8.05. The Bertz CT molecular complexity index is 845. The molecule has 148 valence electrons. The van der Waals surface area contributed by atoms with Crippen molar-refractivity contribution in [2.75, 3.05) is 23.3 Å². The van der Waals surface area contributed by atoms with E-state index >= 15 is 0 Å². The maximum Gasteiger partial charge on any atom is 0.255 e. The van der Waals surface area contributed by atoms with Gasteiger partial charge in [0.1, 0.15) is 0 Å². The van der Waals surface area contributed by atoms with E-state index in [1.165, 1.54) is 5.56 Å². The van der Waals surface area contributed by atoms with E-state index < -0.39 is 0 Å². The Morgan fingerprint density at radius 2 is 1.61 bits per heavy atom. The highest BCUT2D eigenvalue weighted by Crippen LogP contribution is 2.30. The number of benzene rings is 2. The molecule has 5 nitrogen and oxygen atoms in total. The van der Waals surface area contributed by atoms with E-state index in [2.05, 4.69) is 31.0 Å². The van der Waals surface area contributed by atoms with Gasteiger partial charge in [-0.3, -0.25) is 9.59 Å². The summed E-state index contributed by atoms with van der Waals surface area (Å²) in [5.74, 6) is -0.404. The van der Waals surface area contributed by atoms with Crippen LogP contribution in [0.15, 0.2) is 48.5 Å². The summed E-state index contributed by atoms with van der Waals surface area (Å²) >= 11 is 0. The quantitative estimate of drug-likeness (QED) is 0.845. The molecule has 0 saturated carbocycles. The van der Waals surface area contributed by atoms with E-state index in [0.717, 1.165) is 37.3 Å². The van der Waals surface area contributed by atoms with E-state index in [1.54, 1.807) is 0 Å². The van der Waals surface area contributed by atoms with Crippen LogP contribution in [0.1, 0.15) is 49.5 Å². The van der Waals surface area contributed by atoms with Gasteiger partial charge in [0, 0.05) is 24.6 Å². The molecule has 1 fully saturated rings. The number of nitrogens with zero attached hydrogens (tertiary/aromatic N) is 1. The number of rotatable bonds is 4. The number of para-hydroxylation sites is 2. The zero-order valence-electron chi connectivity index (χ0n) is 16.9. The molecule has 1 heterocycles. The topological polar surface area (TPSA) is 75.4 Å². The van der Waals surface area contributed by atoms with Gasteiger partial charge in [-0.15, -0.1) is 0 Å². The second-order valence-electron chi connectivity index (χ2n) is 8.46. The molecule has 0 aromatic heterocycles. The maximum absolute atomic E-state index is 12.8. The van der Waals surface area contributed by atoms with E-state index in [4.69, 9.17) is 5.73 Å². The van der Waals surface area contributed by atoms with Crippen LogP contribution in [0.4, 0.5) is 11.4 Å². The zero-order chi connectivity index (χ0) is 20.3. The summed E-state index contributed by atoms with van der Waals surface area (Å²) in [6.45, 7) is 7.96. The van der Waals surface area contributed by atoms with Gasteiger partial charge in [0.2, 0.25) is 5.91 Å². The molecule has 3 N–H and O–H groups in total. The van der Waals surface area contributed by atoms with Crippen LogP contribution < -0.4 is 16.0 Å². The van der Waals surface area contributed by atoms with Gasteiger partial charge in [-0.25, -0.2) is 0 Å². The number of carbonyl (C=O) groups is 2. The number of primary amides is 1. The molecule has 1 aliphatic heterocycles. The van der Waals surface area contributed by atoms with Gasteiger partial charge < -0.3 is 16.0 Å². The first-order valence-corrected chi connectivity index (χ1v) is 9.81. The van der Waals surface area contributed by atoms with Gasteiger partial charge in [0.05, 0.1) is 11.4 Å². The molecule has 0 bridgehead atoms. The van der Waals surface area contributed by atoms with Crippen molar-refractivity contribution in [1.29, 1.82) is 0 Å². The van der Waals surface area contributed by atoms with Gasteiger partial charge in [0.25, 0.3) is 5.91 Å². The summed E-state index contributed by atoms with van der Waals surface area (Å²) in [7, 11) is 0. The molecule has 1 saturated heterocycles. The minimum absolute atomic E-state index is 0.0542. The normalized spacial score (nSPS) is 15.3. The van der Waals surface area contributed by atoms with Crippen LogP contribution in [0.3, 0.4) is 0 Å². The second-order valence-corrected chi connectivity index (χ2v) is 8.46. The van der Waals surface area contributed by atoms with Crippen LogP contribution in [-0.2, 0) is 10.2 Å². The molecule has 3 rings (SSSR count). The predicted octanol–water partition coefficient (Wildman–Crippen LogP) is 3.94. The van der Waals surface area contributed by atoms with Crippen molar-refractivity contribution in [1.82, 2.24) is 0 Å². The standard InChI is InChI=1S/C23H29N3O2/c1-23(2,3)18-10-8-17(9-11-18)22(28)25-19-6-4-5-7-20(19)26-14-12-16(13-15-26)21(24)27/h4-11,16H,12-15H2,1-3H3,(H2,24,27)(H,25,28). The highest BCUT2D eigenvalue weighted by atomic mass is 16.2. The lowest BCUT2D eigenvalue weighted by Crippen LogP contribution is -2.38. The van der Waals surface area contributed by atoms with Crippen LogP contribution >= 0.6 is 0 Å². The zero-order valence-corrected chi connectivity index (χ0v) is 16.9. The third-order valence-electron chi connectivity index (χ3n) is 5.40. The molecule has 2 aromatic rings. The van der Waals surface area contributed by atoms with Gasteiger partial charge >= 0.3 is 0 Å². The maximum atomic E-state index is 12.8. The molecule has 2 amide bonds. The van der Waals surface area contributed by atoms with Crippen molar-refractivity contribution in [3.05, 3.63) is 59.7 Å². The SMILES string of the molecule is CC(C)(C)c1ccc(C(=O)Nc2ccccc2N2CCC(C(N)=O)CC2)cc1. The molecule has 0 radical (unpaired) electrons. The van der Waals surface area contributed by atoms with Crippen LogP contribution in [0, 0.1) is 5.92 Å². The largest absolute Gasteiger partial charge is 0.370 e. The Morgan fingerprint density at radius 3 is 2.18 bits per heavy atom. The number of anilines is 2. The summed E-state index contributed by atoms with van der Waals surface area (Å²) in [4.78, 5) is 26.4. The molecule has 28 heavy (non-hydrogen) atoms. The lowest BCUT2D eigenvalue weighted by atomic mass is 9.87. The minimum Gasteiger partial charge on any atom is -0.370 e. The molecule has 2 aromatic carbocycles. The summed E-state index contributed by atoms with van der Waals surface area (Å²) in [5, 5.41) is 3.04. The number of nitrogens with two attached hydrogens (primary N) is 1. The molecule has 1 aliphatic rings. The number of hydrogen-bond donors (Lipinski definition) is 2. The predicted molar refractivity (Wildman–Crippen MR) is 114 cm³/mol. The summed E-state index contributed by atoms with van der Waals surface area (Å²) < 4.78 is 0. The third kappa shape index (κ3) is 4.53. The van der Waals surface area contributed by atoms with Crippen molar-refractivity contribution < 1.29 is 9.59 Å². The molecular weight excluding hydrogens is 350 g/mol. The highest BCUT2D eigenvalue weighted by Gasteiger charge is 2.24. The fraction of sp³-hybridized carbons (Fsp3) is 0.391. The fourth-order valence-corrected chi connectivity index (χ4v) is 3.58. The first kappa shape index (κ1) is 19.9. The van der Waals surface area contributed by atoms with E-state index in [9.17, 15) is 9.59 Å². The smallest absolute Gasteiger partial charge is 0.255 e. The molecule has 0 unspecified atom stereocenters. The average molecular weight is 380 g/mol. The number of hydrogen-bond acceptors (Lipinski definition) is 3. The Morgan fingerprint density at radius 1 is 1.00 bits per heavy atom. The average Bonchev–Trinajstić information content (AvgIpc) is 2.68. The van der Waals surface area contributed by atoms with E-state index in [1.807, 2.05) is 48.5 Å². The van der Waals surface area contributed by atoms with Gasteiger partial charge in [0.15, 0.2) is 0 Å². The van der Waals surface area contributed by atoms with Crippen LogP contribution in [-0.4, -0.2) is 24.9 Å². The summed E-state index contributed by atoms with van der Waals surface area (Å²) in [6, 6.07) is 15.6. The minimum atomic E-state index is -0.222. The van der Waals surface area contributed by atoms with Crippen molar-refractivity contribution in [3.63, 3.8) is 0 Å².